The van der Waals surface area contributed by atoms with Crippen LogP contribution in [0.3, 0.4) is 0 Å². The lowest BCUT2D eigenvalue weighted by Crippen LogP contribution is -2.35. The number of benzene rings is 1. The van der Waals surface area contributed by atoms with Gasteiger partial charge >= 0.3 is 5.97 Å². The van der Waals surface area contributed by atoms with Crippen molar-refractivity contribution in [3.63, 3.8) is 0 Å². The lowest BCUT2D eigenvalue weighted by molar-refractivity contribution is -0.136. The standard InChI is InChI=1S/C25H29N3O4/c1-2-32-23(29)22-21(20-17-31-15-14-28(20)26-22)19-8-10-25(11-9-19)12-13-27(24(25)30)16-18-6-4-3-5-7-18/h3-8H,2,9-17H2,1H3. The van der Waals surface area contributed by atoms with Gasteiger partial charge in [-0.25, -0.2) is 4.79 Å². The molecule has 1 amide bonds. The summed E-state index contributed by atoms with van der Waals surface area (Å²) in [4.78, 5) is 28.0. The van der Waals surface area contributed by atoms with Gasteiger partial charge in [0.25, 0.3) is 0 Å². The maximum Gasteiger partial charge on any atom is 0.359 e. The third-order valence-corrected chi connectivity index (χ3v) is 6.96. The summed E-state index contributed by atoms with van der Waals surface area (Å²) in [5.41, 5.74) is 4.08. The van der Waals surface area contributed by atoms with Gasteiger partial charge in [-0.1, -0.05) is 36.4 Å². The maximum atomic E-state index is 13.4. The Labute approximate surface area is 188 Å². The van der Waals surface area contributed by atoms with Crippen LogP contribution in [-0.2, 0) is 34.0 Å². The number of allylic oxidation sites excluding steroid dienone is 2. The van der Waals surface area contributed by atoms with Crippen LogP contribution >= 0.6 is 0 Å². The summed E-state index contributed by atoms with van der Waals surface area (Å²) in [6, 6.07) is 10.2. The number of hydrogen-bond acceptors (Lipinski definition) is 5. The van der Waals surface area contributed by atoms with Gasteiger partial charge in [0.15, 0.2) is 5.69 Å². The summed E-state index contributed by atoms with van der Waals surface area (Å²) >= 11 is 0. The molecule has 0 N–H and O–H groups in total. The second-order valence-corrected chi connectivity index (χ2v) is 8.84. The van der Waals surface area contributed by atoms with E-state index < -0.39 is 5.97 Å². The lowest BCUT2D eigenvalue weighted by Gasteiger charge is -2.31. The quantitative estimate of drug-likeness (QED) is 0.672. The molecule has 1 saturated heterocycles. The van der Waals surface area contributed by atoms with Gasteiger partial charge in [-0.2, -0.15) is 5.10 Å². The van der Waals surface area contributed by atoms with Gasteiger partial charge in [-0.05, 0) is 43.7 Å². The fourth-order valence-corrected chi connectivity index (χ4v) is 5.22. The highest BCUT2D eigenvalue weighted by molar-refractivity contribution is 5.95. The third kappa shape index (κ3) is 3.64. The van der Waals surface area contributed by atoms with E-state index in [1.807, 2.05) is 27.8 Å². The fourth-order valence-electron chi connectivity index (χ4n) is 5.22. The molecule has 1 aliphatic carbocycles. The molecule has 5 rings (SSSR count). The second-order valence-electron chi connectivity index (χ2n) is 8.84. The Kier molecular flexibility index (Phi) is 5.59. The molecule has 7 heteroatoms. The Morgan fingerprint density at radius 3 is 2.81 bits per heavy atom. The van der Waals surface area contributed by atoms with Crippen molar-refractivity contribution >= 4 is 17.4 Å². The SMILES string of the molecule is CCOC(=O)c1nn2c(c1C1=CCC3(CC1)CCN(Cc1ccccc1)C3=O)COCC2. The van der Waals surface area contributed by atoms with Crippen molar-refractivity contribution in [2.75, 3.05) is 19.8 Å². The first-order valence-electron chi connectivity index (χ1n) is 11.5. The molecule has 2 aromatic rings. The third-order valence-electron chi connectivity index (χ3n) is 6.96. The van der Waals surface area contributed by atoms with Crippen molar-refractivity contribution in [3.05, 3.63) is 58.9 Å². The van der Waals surface area contributed by atoms with Crippen LogP contribution < -0.4 is 0 Å². The van der Waals surface area contributed by atoms with Crippen molar-refractivity contribution in [2.24, 2.45) is 5.41 Å². The molecule has 3 aliphatic rings. The number of aromatic nitrogens is 2. The highest BCUT2D eigenvalue weighted by Crippen LogP contribution is 2.47. The van der Waals surface area contributed by atoms with E-state index >= 15 is 0 Å². The number of rotatable bonds is 5. The normalized spacial score (nSPS) is 22.7. The number of ether oxygens (including phenoxy) is 2. The molecule has 2 aliphatic heterocycles. The molecule has 168 valence electrons. The number of likely N-dealkylation sites (tertiary alicyclic amines) is 1. The van der Waals surface area contributed by atoms with Gasteiger partial charge in [0.1, 0.15) is 0 Å². The van der Waals surface area contributed by atoms with Crippen LogP contribution in [0.2, 0.25) is 0 Å². The molecule has 1 aromatic heterocycles. The lowest BCUT2D eigenvalue weighted by atomic mass is 9.72. The average Bonchev–Trinajstić information content (AvgIpc) is 3.35. The minimum atomic E-state index is -0.392. The Morgan fingerprint density at radius 2 is 2.06 bits per heavy atom. The second kappa shape index (κ2) is 8.54. The summed E-state index contributed by atoms with van der Waals surface area (Å²) in [5.74, 6) is -0.140. The van der Waals surface area contributed by atoms with Gasteiger partial charge in [-0.15, -0.1) is 0 Å². The van der Waals surface area contributed by atoms with Gasteiger partial charge < -0.3 is 14.4 Å². The summed E-state index contributed by atoms with van der Waals surface area (Å²) in [6.45, 7) is 5.23. The zero-order valence-electron chi connectivity index (χ0n) is 18.5. The minimum Gasteiger partial charge on any atom is -0.461 e. The molecule has 32 heavy (non-hydrogen) atoms. The Hall–Kier alpha value is -2.93. The van der Waals surface area contributed by atoms with E-state index in [-0.39, 0.29) is 11.3 Å². The van der Waals surface area contributed by atoms with Crippen molar-refractivity contribution in [1.82, 2.24) is 14.7 Å². The number of esters is 1. The first-order chi connectivity index (χ1) is 15.6. The first-order valence-corrected chi connectivity index (χ1v) is 11.5. The highest BCUT2D eigenvalue weighted by atomic mass is 16.5. The van der Waals surface area contributed by atoms with Crippen LogP contribution in [0.25, 0.3) is 5.57 Å². The number of amides is 1. The van der Waals surface area contributed by atoms with Gasteiger partial charge in [-0.3, -0.25) is 9.48 Å². The molecular formula is C25H29N3O4. The van der Waals surface area contributed by atoms with Crippen LogP contribution in [0.4, 0.5) is 0 Å². The van der Waals surface area contributed by atoms with E-state index in [4.69, 9.17) is 9.47 Å². The topological polar surface area (TPSA) is 73.7 Å². The molecule has 0 saturated carbocycles. The Balaban J connectivity index is 1.39. The monoisotopic (exact) mass is 435 g/mol. The Bertz CT molecular complexity index is 1060. The van der Waals surface area contributed by atoms with Gasteiger partial charge in [0.05, 0.1) is 37.5 Å². The van der Waals surface area contributed by atoms with Crippen LogP contribution in [0, 0.1) is 5.41 Å². The number of carbonyl (C=O) groups is 2. The minimum absolute atomic E-state index is 0.252. The fraction of sp³-hybridized carbons (Fsp3) is 0.480. The molecule has 0 radical (unpaired) electrons. The molecule has 1 aromatic carbocycles. The van der Waals surface area contributed by atoms with Crippen molar-refractivity contribution in [1.29, 1.82) is 0 Å². The molecule has 1 spiro atoms. The van der Waals surface area contributed by atoms with E-state index in [0.717, 1.165) is 48.2 Å². The molecule has 1 atom stereocenters. The van der Waals surface area contributed by atoms with Crippen molar-refractivity contribution < 1.29 is 19.1 Å². The Morgan fingerprint density at radius 1 is 1.22 bits per heavy atom. The molecule has 1 unspecified atom stereocenters. The van der Waals surface area contributed by atoms with Crippen LogP contribution in [0.1, 0.15) is 59.9 Å². The van der Waals surface area contributed by atoms with Gasteiger partial charge in [0.2, 0.25) is 5.91 Å². The highest BCUT2D eigenvalue weighted by Gasteiger charge is 2.47. The molecular weight excluding hydrogens is 406 g/mol. The molecule has 7 nitrogen and oxygen atoms in total. The van der Waals surface area contributed by atoms with Crippen LogP contribution in [-0.4, -0.2) is 46.3 Å². The van der Waals surface area contributed by atoms with Crippen molar-refractivity contribution in [3.8, 4) is 0 Å². The van der Waals surface area contributed by atoms with Crippen LogP contribution in [0.15, 0.2) is 36.4 Å². The molecule has 0 bridgehead atoms. The first kappa shape index (κ1) is 20.9. The summed E-state index contributed by atoms with van der Waals surface area (Å²) in [5, 5.41) is 4.55. The smallest absolute Gasteiger partial charge is 0.359 e. The average molecular weight is 436 g/mol. The zero-order chi connectivity index (χ0) is 22.1. The van der Waals surface area contributed by atoms with Crippen molar-refractivity contribution in [2.45, 2.75) is 52.3 Å². The van der Waals surface area contributed by atoms with E-state index in [9.17, 15) is 9.59 Å². The summed E-state index contributed by atoms with van der Waals surface area (Å²) in [7, 11) is 0. The zero-order valence-corrected chi connectivity index (χ0v) is 18.5. The number of fused-ring (bicyclic) bond motifs is 1. The number of hydrogen-bond donors (Lipinski definition) is 0. The van der Waals surface area contributed by atoms with E-state index in [1.54, 1.807) is 6.92 Å². The predicted octanol–water partition coefficient (Wildman–Crippen LogP) is 3.58. The summed E-state index contributed by atoms with van der Waals surface area (Å²) in [6.07, 6.45) is 5.26. The largest absolute Gasteiger partial charge is 0.461 e. The number of nitrogens with zero attached hydrogens (tertiary/aromatic N) is 3. The maximum absolute atomic E-state index is 13.4. The van der Waals surface area contributed by atoms with Gasteiger partial charge in [0, 0.05) is 18.7 Å². The van der Waals surface area contributed by atoms with Crippen LogP contribution in [0.5, 0.6) is 0 Å². The van der Waals surface area contributed by atoms with E-state index in [1.165, 1.54) is 0 Å². The van der Waals surface area contributed by atoms with E-state index in [0.29, 0.717) is 45.0 Å². The number of carbonyl (C=O) groups excluding carboxylic acids is 2. The molecule has 1 fully saturated rings. The predicted molar refractivity (Wildman–Crippen MR) is 119 cm³/mol. The molecule has 3 heterocycles. The summed E-state index contributed by atoms with van der Waals surface area (Å²) < 4.78 is 12.8. The van der Waals surface area contributed by atoms with E-state index in [2.05, 4.69) is 23.3 Å².